The van der Waals surface area contributed by atoms with Gasteiger partial charge in [0.05, 0.1) is 7.11 Å². The molecule has 0 amide bonds. The molecule has 4 aliphatic heterocycles. The molecule has 10 nitrogen and oxygen atoms in total. The molecule has 0 N–H and O–H groups in total. The number of esters is 1. The minimum absolute atomic E-state index is 0.0104. The molecular weight excluding hydrogens is 968 g/mol. The van der Waals surface area contributed by atoms with E-state index < -0.39 is 5.97 Å². The van der Waals surface area contributed by atoms with Crippen molar-refractivity contribution in [3.05, 3.63) is 89.3 Å². The predicted octanol–water partition coefficient (Wildman–Crippen LogP) is 15.1. The maximum absolute atomic E-state index is 14.5. The van der Waals surface area contributed by atoms with Crippen molar-refractivity contribution in [3.8, 4) is 46.0 Å². The summed E-state index contributed by atoms with van der Waals surface area (Å²) >= 11 is 8.15. The summed E-state index contributed by atoms with van der Waals surface area (Å²) in [6, 6.07) is 11.4. The number of ether oxygens (including phenoxy) is 9. The van der Waals surface area contributed by atoms with Crippen LogP contribution in [-0.2, 0) is 4.74 Å². The van der Waals surface area contributed by atoms with Crippen LogP contribution in [0.1, 0.15) is 209 Å². The van der Waals surface area contributed by atoms with Crippen molar-refractivity contribution < 1.29 is 47.4 Å². The third-order valence-electron chi connectivity index (χ3n) is 14.3. The van der Waals surface area contributed by atoms with Gasteiger partial charge in [0.2, 0.25) is 27.2 Å². The van der Waals surface area contributed by atoms with Gasteiger partial charge in [-0.2, -0.15) is 0 Å². The fourth-order valence-corrected chi connectivity index (χ4v) is 12.4. The van der Waals surface area contributed by atoms with E-state index in [0.29, 0.717) is 34.5 Å². The molecule has 4 unspecified atom stereocenters. The van der Waals surface area contributed by atoms with Crippen LogP contribution in [-0.4, -0.2) is 40.3 Å². The zero-order valence-corrected chi connectivity index (χ0v) is 42.3. The lowest BCUT2D eigenvalue weighted by molar-refractivity contribution is 0.0566. The van der Waals surface area contributed by atoms with Crippen molar-refractivity contribution >= 4 is 37.8 Å². The summed E-state index contributed by atoms with van der Waals surface area (Å²) in [6.45, 7) is 8.60. The van der Waals surface area contributed by atoms with Gasteiger partial charge in [0.25, 0.3) is 0 Å². The average Bonchev–Trinajstić information content (AvgIpc) is 3.30. The molecule has 5 aliphatic rings. The number of hydrogen-bond donors (Lipinski definition) is 0. The molecule has 12 heteroatoms. The Labute approximate surface area is 406 Å². The minimum Gasteiger partial charge on any atom is -0.465 e. The highest BCUT2D eigenvalue weighted by Gasteiger charge is 2.41. The molecule has 0 saturated carbocycles. The number of hydrogen-bond acceptors (Lipinski definition) is 10. The normalized spacial score (nSPS) is 19.4. The minimum atomic E-state index is -0.537. The highest BCUT2D eigenvalue weighted by molar-refractivity contribution is 9.11. The molecule has 4 aromatic rings. The second kappa shape index (κ2) is 20.9. The van der Waals surface area contributed by atoms with E-state index in [1.165, 1.54) is 7.11 Å². The molecule has 0 spiro atoms. The topological polar surface area (TPSA) is 100 Å². The van der Waals surface area contributed by atoms with E-state index in [9.17, 15) is 4.79 Å². The molecule has 0 aromatic heterocycles. The van der Waals surface area contributed by atoms with Gasteiger partial charge < -0.3 is 42.6 Å². The molecule has 0 saturated heterocycles. The fourth-order valence-electron chi connectivity index (χ4n) is 11.0. The second-order valence-electron chi connectivity index (χ2n) is 18.4. The summed E-state index contributed by atoms with van der Waals surface area (Å²) in [5.74, 6) is 3.86. The Morgan fingerprint density at radius 1 is 0.439 bits per heavy atom. The summed E-state index contributed by atoms with van der Waals surface area (Å²) in [6.07, 6.45) is 15.8. The van der Waals surface area contributed by atoms with E-state index in [1.54, 1.807) is 0 Å². The maximum Gasteiger partial charge on any atom is 0.345 e. The lowest BCUT2D eigenvalue weighted by atomic mass is 9.75. The van der Waals surface area contributed by atoms with Crippen LogP contribution in [0.2, 0.25) is 0 Å². The van der Waals surface area contributed by atoms with Crippen molar-refractivity contribution in [3.63, 3.8) is 0 Å². The highest BCUT2D eigenvalue weighted by Crippen LogP contribution is 2.59. The van der Waals surface area contributed by atoms with Crippen LogP contribution in [0, 0.1) is 0 Å². The molecule has 4 aromatic carbocycles. The highest BCUT2D eigenvalue weighted by atomic mass is 79.9. The third kappa shape index (κ3) is 8.71. The molecule has 4 heterocycles. The van der Waals surface area contributed by atoms with Crippen LogP contribution in [0.3, 0.4) is 0 Å². The maximum atomic E-state index is 14.5. The Morgan fingerprint density at radius 2 is 0.727 bits per heavy atom. The molecule has 1 aliphatic carbocycles. The van der Waals surface area contributed by atoms with Crippen LogP contribution >= 0.6 is 31.9 Å². The van der Waals surface area contributed by atoms with Gasteiger partial charge in [-0.15, -0.1) is 0 Å². The van der Waals surface area contributed by atoms with Crippen LogP contribution in [0.25, 0.3) is 0 Å². The van der Waals surface area contributed by atoms with Crippen molar-refractivity contribution in [1.29, 1.82) is 0 Å². The van der Waals surface area contributed by atoms with Crippen molar-refractivity contribution in [2.45, 2.75) is 154 Å². The Kier molecular flexibility index (Phi) is 14.8. The van der Waals surface area contributed by atoms with Crippen LogP contribution in [0.5, 0.6) is 46.0 Å². The number of carbonyl (C=O) groups is 1. The van der Waals surface area contributed by atoms with Gasteiger partial charge in [0.15, 0.2) is 0 Å². The van der Waals surface area contributed by atoms with Gasteiger partial charge in [-0.1, -0.05) is 105 Å². The fraction of sp³-hybridized carbons (Fsp3) is 0.537. The smallest absolute Gasteiger partial charge is 0.345 e. The van der Waals surface area contributed by atoms with E-state index in [4.69, 9.17) is 42.6 Å². The van der Waals surface area contributed by atoms with Crippen LogP contribution < -0.4 is 37.9 Å². The predicted molar refractivity (Wildman–Crippen MR) is 261 cm³/mol. The number of unbranched alkanes of at least 4 members (excludes halogenated alkanes) is 8. The van der Waals surface area contributed by atoms with E-state index in [0.717, 1.165) is 168 Å². The van der Waals surface area contributed by atoms with E-state index in [1.807, 2.05) is 0 Å². The first-order chi connectivity index (χ1) is 32.3. The Hall–Kier alpha value is -4.29. The number of carbonyl (C=O) groups excluding carboxylic acids is 1. The quantitative estimate of drug-likeness (QED) is 0.0751. The van der Waals surface area contributed by atoms with E-state index in [-0.39, 0.29) is 56.4 Å². The number of methoxy groups -OCH3 is 1. The van der Waals surface area contributed by atoms with Crippen LogP contribution in [0.4, 0.5) is 0 Å². The van der Waals surface area contributed by atoms with Gasteiger partial charge in [0.1, 0.15) is 60.5 Å². The van der Waals surface area contributed by atoms with Crippen molar-refractivity contribution in [2.75, 3.05) is 34.3 Å². The summed E-state index contributed by atoms with van der Waals surface area (Å²) in [7, 11) is 1.42. The Bertz CT molecular complexity index is 2280. The lowest BCUT2D eigenvalue weighted by Crippen LogP contribution is -2.25. The molecule has 4 atom stereocenters. The number of halogens is 2. The lowest BCUT2D eigenvalue weighted by Gasteiger charge is -2.36. The monoisotopic (exact) mass is 1030 g/mol. The summed E-state index contributed by atoms with van der Waals surface area (Å²) in [5.41, 5.74) is 8.49. The first-order valence-corrected chi connectivity index (χ1v) is 26.1. The molecule has 66 heavy (non-hydrogen) atoms. The zero-order chi connectivity index (χ0) is 45.9. The van der Waals surface area contributed by atoms with Gasteiger partial charge in [-0.3, -0.25) is 0 Å². The van der Waals surface area contributed by atoms with Crippen molar-refractivity contribution in [1.82, 2.24) is 0 Å². The molecule has 0 radical (unpaired) electrons. The van der Waals surface area contributed by atoms with E-state index in [2.05, 4.69) is 89.9 Å². The van der Waals surface area contributed by atoms with E-state index >= 15 is 0 Å². The van der Waals surface area contributed by atoms with Crippen molar-refractivity contribution in [2.24, 2.45) is 0 Å². The Balaban J connectivity index is 1.45. The third-order valence-corrected chi connectivity index (χ3v) is 15.8. The molecule has 354 valence electrons. The average molecular weight is 1030 g/mol. The number of rotatable bonds is 17. The molecular formula is C54H64Br2O10. The standard InChI is InChI=1S/C54H64Br2O10/c1-6-10-14-18-31-35-22-36-32(19-15-11-7-2)40-25-42-34(21-17-13-9-4)38-23-37-33(20-16-12-8-3)41-24-39(31)50-46(55)52(41)65-29-61-48(37)45(54(57)58-5)49(38)62-30-66-53(42)47(56)51(40)64-28-60-44(36)26-43(35)59-27-63-50/h22-26,31-34H,6-21,27-30H2,1-5H3. The summed E-state index contributed by atoms with van der Waals surface area (Å²) < 4.78 is 60.5. The first kappa shape index (κ1) is 46.8. The Morgan fingerprint density at radius 3 is 1.06 bits per heavy atom. The summed E-state index contributed by atoms with van der Waals surface area (Å²) in [5, 5.41) is 0. The summed E-state index contributed by atoms with van der Waals surface area (Å²) in [4.78, 5) is 14.5. The molecule has 8 bridgehead atoms. The second-order valence-corrected chi connectivity index (χ2v) is 20.0. The zero-order valence-electron chi connectivity index (χ0n) is 39.2. The van der Waals surface area contributed by atoms with Gasteiger partial charge in [-0.05, 0) is 81.8 Å². The van der Waals surface area contributed by atoms with Gasteiger partial charge in [0, 0.05) is 74.2 Å². The molecule has 0 fully saturated rings. The first-order valence-electron chi connectivity index (χ1n) is 24.5. The SMILES string of the molecule is CCCCCC1c2cc3c4cc2OCOc2c1cc1c(c2Br)OCOc2c(cc5c(c2C(=O)OC)OCOc2c(cc(c(c2Br)OCO4)C3CCCCC)C5CCCCC)C1CCCCC. The molecule has 9 rings (SSSR count). The largest absolute Gasteiger partial charge is 0.465 e. The van der Waals surface area contributed by atoms with Gasteiger partial charge in [-0.25, -0.2) is 4.79 Å². The van der Waals surface area contributed by atoms with Gasteiger partial charge >= 0.3 is 5.97 Å². The van der Waals surface area contributed by atoms with Crippen LogP contribution in [0.15, 0.2) is 39.3 Å². The number of benzene rings is 4.